The van der Waals surface area contributed by atoms with Crippen molar-refractivity contribution in [2.45, 2.75) is 0 Å². The first-order valence-corrected chi connectivity index (χ1v) is 5.65. The van der Waals surface area contributed by atoms with Crippen LogP contribution in [0.2, 0.25) is 0 Å². The Hall–Kier alpha value is -2.49. The Bertz CT molecular complexity index is 686. The number of nitrogens with two attached hydrogens (primary N) is 1. The smallest absolute Gasteiger partial charge is 0.139 e. The monoisotopic (exact) mass is 239 g/mol. The molecular formula is C14H13N3O. The van der Waals surface area contributed by atoms with Crippen LogP contribution in [-0.4, -0.2) is 16.5 Å². The second-order valence-corrected chi connectivity index (χ2v) is 4.08. The van der Waals surface area contributed by atoms with Crippen LogP contribution in [0.15, 0.2) is 48.8 Å². The molecule has 4 heteroatoms. The number of rotatable bonds is 2. The molecule has 0 aliphatic heterocycles. The Morgan fingerprint density at radius 2 is 1.94 bits per heavy atom. The van der Waals surface area contributed by atoms with Crippen LogP contribution in [0.4, 0.5) is 5.69 Å². The number of hydrogen-bond acceptors (Lipinski definition) is 3. The van der Waals surface area contributed by atoms with Gasteiger partial charge < -0.3 is 14.9 Å². The first kappa shape index (κ1) is 10.7. The van der Waals surface area contributed by atoms with Crippen LogP contribution in [0, 0.1) is 0 Å². The Morgan fingerprint density at radius 3 is 2.67 bits per heavy atom. The number of nitrogens with zero attached hydrogens (tertiary/aromatic N) is 2. The second-order valence-electron chi connectivity index (χ2n) is 4.08. The van der Waals surface area contributed by atoms with Crippen molar-refractivity contribution < 1.29 is 4.74 Å². The summed E-state index contributed by atoms with van der Waals surface area (Å²) in [5.74, 6) is 0.840. The van der Waals surface area contributed by atoms with E-state index in [0.29, 0.717) is 0 Å². The molecule has 90 valence electrons. The van der Waals surface area contributed by atoms with Gasteiger partial charge in [-0.25, -0.2) is 4.98 Å². The van der Waals surface area contributed by atoms with Crippen molar-refractivity contribution >= 4 is 11.3 Å². The van der Waals surface area contributed by atoms with Crippen LogP contribution in [0.5, 0.6) is 5.75 Å². The molecule has 0 aliphatic carbocycles. The quantitative estimate of drug-likeness (QED) is 0.747. The van der Waals surface area contributed by atoms with Gasteiger partial charge in [-0.2, -0.15) is 0 Å². The van der Waals surface area contributed by atoms with Crippen molar-refractivity contribution in [1.29, 1.82) is 0 Å². The molecule has 2 heterocycles. The lowest BCUT2D eigenvalue weighted by Crippen LogP contribution is -1.87. The highest BCUT2D eigenvalue weighted by Gasteiger charge is 2.04. The van der Waals surface area contributed by atoms with E-state index in [1.165, 1.54) is 0 Å². The van der Waals surface area contributed by atoms with Gasteiger partial charge in [0.05, 0.1) is 12.8 Å². The lowest BCUT2D eigenvalue weighted by molar-refractivity contribution is 0.415. The van der Waals surface area contributed by atoms with E-state index in [-0.39, 0.29) is 0 Å². The van der Waals surface area contributed by atoms with Gasteiger partial charge in [0.15, 0.2) is 0 Å². The number of aromatic nitrogens is 2. The molecule has 0 saturated carbocycles. The van der Waals surface area contributed by atoms with Gasteiger partial charge in [0.1, 0.15) is 11.4 Å². The molecule has 0 radical (unpaired) electrons. The minimum Gasteiger partial charge on any atom is -0.497 e. The van der Waals surface area contributed by atoms with E-state index in [9.17, 15) is 0 Å². The molecule has 0 bridgehead atoms. The number of nitrogen functional groups attached to an aromatic ring is 1. The fourth-order valence-electron chi connectivity index (χ4n) is 1.90. The summed E-state index contributed by atoms with van der Waals surface area (Å²) in [5.41, 5.74) is 9.28. The molecule has 1 aromatic carbocycles. The summed E-state index contributed by atoms with van der Waals surface area (Å²) in [4.78, 5) is 4.54. The summed E-state index contributed by atoms with van der Waals surface area (Å²) in [5, 5.41) is 0. The highest BCUT2D eigenvalue weighted by molar-refractivity contribution is 5.65. The zero-order chi connectivity index (χ0) is 12.5. The van der Waals surface area contributed by atoms with E-state index < -0.39 is 0 Å². The Kier molecular flexibility index (Phi) is 2.41. The molecule has 2 aromatic heterocycles. The van der Waals surface area contributed by atoms with Gasteiger partial charge >= 0.3 is 0 Å². The van der Waals surface area contributed by atoms with Crippen molar-refractivity contribution in [3.05, 3.63) is 48.8 Å². The number of pyridine rings is 1. The second kappa shape index (κ2) is 4.07. The highest BCUT2D eigenvalue weighted by atomic mass is 16.5. The van der Waals surface area contributed by atoms with Crippen molar-refractivity contribution in [2.75, 3.05) is 12.8 Å². The molecule has 0 unspecified atom stereocenters. The van der Waals surface area contributed by atoms with Crippen LogP contribution in [0.25, 0.3) is 16.9 Å². The number of methoxy groups -OCH3 is 1. The van der Waals surface area contributed by atoms with Crippen molar-refractivity contribution in [3.8, 4) is 17.0 Å². The zero-order valence-corrected chi connectivity index (χ0v) is 10.00. The topological polar surface area (TPSA) is 52.5 Å². The van der Waals surface area contributed by atoms with Crippen LogP contribution in [0.1, 0.15) is 0 Å². The number of hydrogen-bond donors (Lipinski definition) is 1. The molecule has 0 amide bonds. The van der Waals surface area contributed by atoms with Gasteiger partial charge in [-0.3, -0.25) is 0 Å². The fraction of sp³-hybridized carbons (Fsp3) is 0.0714. The third-order valence-electron chi connectivity index (χ3n) is 2.87. The van der Waals surface area contributed by atoms with E-state index in [1.54, 1.807) is 7.11 Å². The predicted octanol–water partition coefficient (Wildman–Crippen LogP) is 2.59. The van der Waals surface area contributed by atoms with Crippen LogP contribution in [-0.2, 0) is 0 Å². The number of ether oxygens (including phenoxy) is 1. The number of imidazole rings is 1. The molecule has 18 heavy (non-hydrogen) atoms. The van der Waals surface area contributed by atoms with Crippen molar-refractivity contribution in [3.63, 3.8) is 0 Å². The first-order valence-electron chi connectivity index (χ1n) is 5.65. The SMILES string of the molecule is COc1ccc(-c2cn3ccc(N)cc3n2)cc1. The normalized spacial score (nSPS) is 10.7. The average Bonchev–Trinajstić information content (AvgIpc) is 2.81. The van der Waals surface area contributed by atoms with E-state index in [0.717, 1.165) is 28.3 Å². The van der Waals surface area contributed by atoms with Gasteiger partial charge in [0, 0.05) is 29.7 Å². The molecule has 3 rings (SSSR count). The molecule has 2 N–H and O–H groups in total. The van der Waals surface area contributed by atoms with E-state index in [4.69, 9.17) is 10.5 Å². The Labute approximate surface area is 105 Å². The molecule has 4 nitrogen and oxygen atoms in total. The van der Waals surface area contributed by atoms with E-state index >= 15 is 0 Å². The maximum Gasteiger partial charge on any atom is 0.139 e. The number of benzene rings is 1. The summed E-state index contributed by atoms with van der Waals surface area (Å²) < 4.78 is 7.09. The predicted molar refractivity (Wildman–Crippen MR) is 71.6 cm³/mol. The molecule has 0 aliphatic rings. The average molecular weight is 239 g/mol. The largest absolute Gasteiger partial charge is 0.497 e. The maximum absolute atomic E-state index is 5.74. The van der Waals surface area contributed by atoms with Gasteiger partial charge in [0.25, 0.3) is 0 Å². The number of fused-ring (bicyclic) bond motifs is 1. The van der Waals surface area contributed by atoms with Gasteiger partial charge in [-0.1, -0.05) is 0 Å². The van der Waals surface area contributed by atoms with Crippen molar-refractivity contribution in [2.24, 2.45) is 0 Å². The molecule has 0 spiro atoms. The maximum atomic E-state index is 5.74. The minimum atomic E-state index is 0.717. The molecule has 0 fully saturated rings. The van der Waals surface area contributed by atoms with Crippen molar-refractivity contribution in [1.82, 2.24) is 9.38 Å². The third kappa shape index (κ3) is 1.78. The van der Waals surface area contributed by atoms with Crippen LogP contribution < -0.4 is 10.5 Å². The zero-order valence-electron chi connectivity index (χ0n) is 10.00. The molecular weight excluding hydrogens is 226 g/mol. The van der Waals surface area contributed by atoms with Crippen LogP contribution in [0.3, 0.4) is 0 Å². The lowest BCUT2D eigenvalue weighted by Gasteiger charge is -1.99. The minimum absolute atomic E-state index is 0.717. The van der Waals surface area contributed by atoms with Gasteiger partial charge in [-0.05, 0) is 30.3 Å². The third-order valence-corrected chi connectivity index (χ3v) is 2.87. The summed E-state index contributed by atoms with van der Waals surface area (Å²) in [7, 11) is 1.66. The molecule has 3 aromatic rings. The van der Waals surface area contributed by atoms with E-state index in [2.05, 4.69) is 4.98 Å². The number of anilines is 1. The summed E-state index contributed by atoms with van der Waals surface area (Å²) >= 11 is 0. The highest BCUT2D eigenvalue weighted by Crippen LogP contribution is 2.22. The summed E-state index contributed by atoms with van der Waals surface area (Å²) in [6.07, 6.45) is 3.89. The first-order chi connectivity index (χ1) is 8.76. The lowest BCUT2D eigenvalue weighted by atomic mass is 10.2. The van der Waals surface area contributed by atoms with Gasteiger partial charge in [-0.15, -0.1) is 0 Å². The molecule has 0 saturated heterocycles. The Morgan fingerprint density at radius 1 is 1.17 bits per heavy atom. The summed E-state index contributed by atoms with van der Waals surface area (Å²) in [6.45, 7) is 0. The van der Waals surface area contributed by atoms with Gasteiger partial charge in [0.2, 0.25) is 0 Å². The van der Waals surface area contributed by atoms with Crippen LogP contribution >= 0.6 is 0 Å². The Balaban J connectivity index is 2.07. The summed E-state index contributed by atoms with van der Waals surface area (Å²) in [6, 6.07) is 11.5. The van der Waals surface area contributed by atoms with E-state index in [1.807, 2.05) is 53.2 Å². The molecule has 0 atom stereocenters. The fourth-order valence-corrected chi connectivity index (χ4v) is 1.90. The standard InChI is InChI=1S/C14H13N3O/c1-18-12-4-2-10(3-5-12)13-9-17-7-6-11(15)8-14(17)16-13/h2-9H,15H2,1H3.